The molecule has 1 aromatic carbocycles. The first-order valence-electron chi connectivity index (χ1n) is 9.55. The van der Waals surface area contributed by atoms with E-state index in [1.807, 2.05) is 71.4 Å². The number of aromatic nitrogens is 6. The molecule has 0 saturated heterocycles. The molecule has 5 rings (SSSR count). The third kappa shape index (κ3) is 4.22. The van der Waals surface area contributed by atoms with Gasteiger partial charge in [-0.05, 0) is 40.1 Å². The molecule has 0 fully saturated rings. The summed E-state index contributed by atoms with van der Waals surface area (Å²) in [5, 5.41) is 19.2. The molecule has 156 valence electrons. The average Bonchev–Trinajstić information content (AvgIpc) is 3.60. The topological polar surface area (TPSA) is 98.5 Å². The molecule has 0 unspecified atom stereocenters. The Morgan fingerprint density at radius 1 is 0.969 bits per heavy atom. The molecule has 1 N–H and O–H groups in total. The number of thiazole rings is 1. The number of nitrogens with zero attached hydrogens (tertiary/aromatic N) is 6. The number of benzene rings is 1. The highest BCUT2D eigenvalue weighted by Crippen LogP contribution is 2.26. The van der Waals surface area contributed by atoms with E-state index in [1.54, 1.807) is 12.3 Å². The van der Waals surface area contributed by atoms with Crippen LogP contribution >= 0.6 is 22.7 Å². The second-order valence-corrected chi connectivity index (χ2v) is 8.37. The van der Waals surface area contributed by atoms with Gasteiger partial charge in [0.25, 0.3) is 5.91 Å². The van der Waals surface area contributed by atoms with Gasteiger partial charge < -0.3 is 0 Å². The van der Waals surface area contributed by atoms with Crippen molar-refractivity contribution in [1.29, 1.82) is 0 Å². The first kappa shape index (κ1) is 19.9. The molecule has 0 radical (unpaired) electrons. The number of rotatable bonds is 6. The maximum Gasteiger partial charge on any atom is 0.276 e. The lowest BCUT2D eigenvalue weighted by molar-refractivity contribution is -0.111. The van der Waals surface area contributed by atoms with E-state index in [1.165, 1.54) is 27.4 Å². The molecule has 1 amide bonds. The van der Waals surface area contributed by atoms with Gasteiger partial charge in [0.05, 0.1) is 5.69 Å². The van der Waals surface area contributed by atoms with Crippen LogP contribution in [0.2, 0.25) is 0 Å². The van der Waals surface area contributed by atoms with Gasteiger partial charge in [0.1, 0.15) is 11.4 Å². The van der Waals surface area contributed by atoms with E-state index in [0.29, 0.717) is 16.6 Å². The van der Waals surface area contributed by atoms with E-state index in [-0.39, 0.29) is 11.6 Å². The zero-order valence-corrected chi connectivity index (χ0v) is 18.1. The van der Waals surface area contributed by atoms with E-state index in [9.17, 15) is 4.79 Å². The standard InChI is InChI=1S/C22H15N7OS2/c30-21(25-22-24-18(14-32-22)17-10-4-5-11-23-17)19(13-16-9-6-12-31-16)29-20(26-27-28-29)15-7-2-1-3-8-15/h1-14H,(H,24,25,30)/b19-13-. The lowest BCUT2D eigenvalue weighted by Crippen LogP contribution is -2.19. The Bertz CT molecular complexity index is 1360. The van der Waals surface area contributed by atoms with Crippen LogP contribution < -0.4 is 5.32 Å². The van der Waals surface area contributed by atoms with E-state index >= 15 is 0 Å². The summed E-state index contributed by atoms with van der Waals surface area (Å²) >= 11 is 2.84. The summed E-state index contributed by atoms with van der Waals surface area (Å²) < 4.78 is 1.44. The molecule has 0 aliphatic carbocycles. The second kappa shape index (κ2) is 9.00. The smallest absolute Gasteiger partial charge is 0.276 e. The van der Waals surface area contributed by atoms with Crippen molar-refractivity contribution in [1.82, 2.24) is 30.2 Å². The fourth-order valence-corrected chi connectivity index (χ4v) is 4.32. The van der Waals surface area contributed by atoms with Crippen LogP contribution in [0.5, 0.6) is 0 Å². The van der Waals surface area contributed by atoms with Crippen LogP contribution in [-0.4, -0.2) is 36.1 Å². The monoisotopic (exact) mass is 457 g/mol. The van der Waals surface area contributed by atoms with Crippen molar-refractivity contribution >= 4 is 45.5 Å². The first-order valence-corrected chi connectivity index (χ1v) is 11.3. The number of hydrogen-bond acceptors (Lipinski definition) is 8. The lowest BCUT2D eigenvalue weighted by Gasteiger charge is -2.09. The molecule has 0 atom stereocenters. The summed E-state index contributed by atoms with van der Waals surface area (Å²) in [6, 6.07) is 18.9. The number of thiophene rings is 1. The minimum absolute atomic E-state index is 0.283. The van der Waals surface area contributed by atoms with Gasteiger partial charge in [-0.1, -0.05) is 42.5 Å². The first-order chi connectivity index (χ1) is 15.8. The summed E-state index contributed by atoms with van der Waals surface area (Å²) in [7, 11) is 0. The van der Waals surface area contributed by atoms with Crippen molar-refractivity contribution in [3.63, 3.8) is 0 Å². The van der Waals surface area contributed by atoms with Gasteiger partial charge in [-0.2, -0.15) is 4.68 Å². The fraction of sp³-hybridized carbons (Fsp3) is 0. The van der Waals surface area contributed by atoms with Crippen LogP contribution in [0.25, 0.3) is 34.5 Å². The number of hydrogen-bond donors (Lipinski definition) is 1. The van der Waals surface area contributed by atoms with Gasteiger partial charge in [-0.15, -0.1) is 27.8 Å². The van der Waals surface area contributed by atoms with Crippen molar-refractivity contribution in [2.45, 2.75) is 0 Å². The van der Waals surface area contributed by atoms with Gasteiger partial charge in [-0.3, -0.25) is 15.1 Å². The van der Waals surface area contributed by atoms with Crippen LogP contribution in [-0.2, 0) is 4.79 Å². The maximum absolute atomic E-state index is 13.3. The minimum atomic E-state index is -0.371. The summed E-state index contributed by atoms with van der Waals surface area (Å²) in [5.74, 6) is 0.0988. The zero-order chi connectivity index (χ0) is 21.8. The largest absolute Gasteiger partial charge is 0.296 e. The molecule has 4 heterocycles. The number of amides is 1. The second-order valence-electron chi connectivity index (χ2n) is 6.53. The Hall–Kier alpha value is -4.02. The summed E-state index contributed by atoms with van der Waals surface area (Å²) in [5.41, 5.74) is 2.52. The van der Waals surface area contributed by atoms with Gasteiger partial charge in [-0.25, -0.2) is 4.98 Å². The fourth-order valence-electron chi connectivity index (χ4n) is 2.97. The molecule has 10 heteroatoms. The van der Waals surface area contributed by atoms with E-state index in [0.717, 1.165) is 16.1 Å². The van der Waals surface area contributed by atoms with Crippen LogP contribution in [0.1, 0.15) is 4.88 Å². The normalized spacial score (nSPS) is 11.4. The van der Waals surface area contributed by atoms with Gasteiger partial charge in [0, 0.05) is 22.0 Å². The molecular weight excluding hydrogens is 442 g/mol. The Balaban J connectivity index is 1.49. The average molecular weight is 458 g/mol. The maximum atomic E-state index is 13.3. The number of pyridine rings is 1. The van der Waals surface area contributed by atoms with E-state index < -0.39 is 0 Å². The summed E-state index contributed by atoms with van der Waals surface area (Å²) in [6.07, 6.45) is 3.47. The summed E-state index contributed by atoms with van der Waals surface area (Å²) in [4.78, 5) is 23.0. The van der Waals surface area contributed by atoms with E-state index in [4.69, 9.17) is 0 Å². The van der Waals surface area contributed by atoms with Crippen LogP contribution in [0, 0.1) is 0 Å². The predicted molar refractivity (Wildman–Crippen MR) is 126 cm³/mol. The highest BCUT2D eigenvalue weighted by atomic mass is 32.1. The quantitative estimate of drug-likeness (QED) is 0.376. The highest BCUT2D eigenvalue weighted by molar-refractivity contribution is 7.14. The Morgan fingerprint density at radius 3 is 2.62 bits per heavy atom. The molecule has 8 nitrogen and oxygen atoms in total. The third-order valence-electron chi connectivity index (χ3n) is 4.44. The molecule has 0 saturated carbocycles. The van der Waals surface area contributed by atoms with Crippen molar-refractivity contribution in [3.05, 3.63) is 82.5 Å². The zero-order valence-electron chi connectivity index (χ0n) is 16.5. The van der Waals surface area contributed by atoms with Gasteiger partial charge >= 0.3 is 0 Å². The lowest BCUT2D eigenvalue weighted by atomic mass is 10.2. The van der Waals surface area contributed by atoms with Crippen molar-refractivity contribution in [3.8, 4) is 22.8 Å². The third-order valence-corrected chi connectivity index (χ3v) is 6.01. The summed E-state index contributed by atoms with van der Waals surface area (Å²) in [6.45, 7) is 0. The van der Waals surface area contributed by atoms with Crippen molar-refractivity contribution < 1.29 is 4.79 Å². The highest BCUT2D eigenvalue weighted by Gasteiger charge is 2.20. The number of carbonyl (C=O) groups excluding carboxylic acids is 1. The molecular formula is C22H15N7OS2. The van der Waals surface area contributed by atoms with Crippen molar-refractivity contribution in [2.75, 3.05) is 5.32 Å². The molecule has 4 aromatic heterocycles. The molecule has 32 heavy (non-hydrogen) atoms. The number of nitrogens with one attached hydrogen (secondary N) is 1. The van der Waals surface area contributed by atoms with Gasteiger partial charge in [0.2, 0.25) is 0 Å². The minimum Gasteiger partial charge on any atom is -0.296 e. The molecule has 0 bridgehead atoms. The van der Waals surface area contributed by atoms with Crippen LogP contribution in [0.3, 0.4) is 0 Å². The van der Waals surface area contributed by atoms with Crippen molar-refractivity contribution in [2.24, 2.45) is 0 Å². The SMILES string of the molecule is O=C(Nc1nc(-c2ccccn2)cs1)/C(=C/c1cccs1)n1nnnc1-c1ccccc1. The predicted octanol–water partition coefficient (Wildman–Crippen LogP) is 4.56. The van der Waals surface area contributed by atoms with E-state index in [2.05, 4.69) is 30.8 Å². The molecule has 5 aromatic rings. The number of carbonyl (C=O) groups is 1. The Morgan fingerprint density at radius 2 is 1.84 bits per heavy atom. The molecule has 0 aliphatic heterocycles. The Kier molecular flexibility index (Phi) is 5.60. The Labute approximate surface area is 190 Å². The van der Waals surface area contributed by atoms with Gasteiger partial charge in [0.15, 0.2) is 11.0 Å². The van der Waals surface area contributed by atoms with Crippen LogP contribution in [0.4, 0.5) is 5.13 Å². The van der Waals surface area contributed by atoms with Crippen LogP contribution in [0.15, 0.2) is 77.6 Å². The number of anilines is 1. The molecule has 0 aliphatic rings. The number of tetrazole rings is 1. The molecule has 0 spiro atoms.